The molecular formula is C16H18N4O. The van der Waals surface area contributed by atoms with Crippen LogP contribution >= 0.6 is 0 Å². The Morgan fingerprint density at radius 3 is 2.62 bits per heavy atom. The van der Waals surface area contributed by atoms with Crippen LogP contribution in [0.3, 0.4) is 0 Å². The Morgan fingerprint density at radius 2 is 2.00 bits per heavy atom. The molecule has 0 spiro atoms. The van der Waals surface area contributed by atoms with Gasteiger partial charge < -0.3 is 10.6 Å². The standard InChI is InChI=1S/C16H18N4O/c1-3-9-19(10-4-2)16(21)15-8-11-20(18-15)14-7-5-6-13(17)12-14/h3-8,11-12H,1-2,9-10,17H2. The maximum Gasteiger partial charge on any atom is 0.274 e. The van der Waals surface area contributed by atoms with Gasteiger partial charge in [-0.05, 0) is 24.3 Å². The lowest BCUT2D eigenvalue weighted by Gasteiger charge is -2.17. The zero-order chi connectivity index (χ0) is 15.2. The van der Waals surface area contributed by atoms with E-state index < -0.39 is 0 Å². The van der Waals surface area contributed by atoms with Gasteiger partial charge in [-0.3, -0.25) is 4.79 Å². The fourth-order valence-electron chi connectivity index (χ4n) is 1.96. The number of anilines is 1. The van der Waals surface area contributed by atoms with Crippen LogP contribution in [0.1, 0.15) is 10.5 Å². The number of nitrogen functional groups attached to an aromatic ring is 1. The fraction of sp³-hybridized carbons (Fsp3) is 0.125. The molecule has 2 rings (SSSR count). The van der Waals surface area contributed by atoms with Gasteiger partial charge in [-0.2, -0.15) is 5.10 Å². The summed E-state index contributed by atoms with van der Waals surface area (Å²) in [6.07, 6.45) is 5.09. The Morgan fingerprint density at radius 1 is 1.29 bits per heavy atom. The van der Waals surface area contributed by atoms with Crippen LogP contribution in [0.15, 0.2) is 61.8 Å². The third-order valence-corrected chi connectivity index (χ3v) is 2.93. The number of carbonyl (C=O) groups excluding carboxylic acids is 1. The Kier molecular flexibility index (Phi) is 4.56. The van der Waals surface area contributed by atoms with Crippen molar-refractivity contribution in [2.24, 2.45) is 0 Å². The Balaban J connectivity index is 2.24. The zero-order valence-corrected chi connectivity index (χ0v) is 11.8. The molecule has 5 heteroatoms. The first-order chi connectivity index (χ1) is 10.2. The highest BCUT2D eigenvalue weighted by Gasteiger charge is 2.16. The fourth-order valence-corrected chi connectivity index (χ4v) is 1.96. The van der Waals surface area contributed by atoms with E-state index in [2.05, 4.69) is 18.3 Å². The molecule has 0 aliphatic heterocycles. The number of nitrogens with two attached hydrogens (primary N) is 1. The number of hydrogen-bond donors (Lipinski definition) is 1. The average Bonchev–Trinajstić information content (AvgIpc) is 2.96. The number of benzene rings is 1. The summed E-state index contributed by atoms with van der Waals surface area (Å²) in [5, 5.41) is 4.31. The number of amides is 1. The van der Waals surface area contributed by atoms with E-state index in [1.54, 1.807) is 46.1 Å². The third-order valence-electron chi connectivity index (χ3n) is 2.93. The van der Waals surface area contributed by atoms with Crippen LogP contribution in [0.25, 0.3) is 5.69 Å². The maximum atomic E-state index is 12.4. The number of carbonyl (C=O) groups is 1. The van der Waals surface area contributed by atoms with Crippen LogP contribution in [0.4, 0.5) is 5.69 Å². The zero-order valence-electron chi connectivity index (χ0n) is 11.8. The van der Waals surface area contributed by atoms with Crippen LogP contribution in [0.2, 0.25) is 0 Å². The summed E-state index contributed by atoms with van der Waals surface area (Å²) in [5.74, 6) is -0.155. The molecule has 0 saturated heterocycles. The SMILES string of the molecule is C=CCN(CC=C)C(=O)c1ccn(-c2cccc(N)c2)n1. The first-order valence-electron chi connectivity index (χ1n) is 6.58. The molecule has 108 valence electrons. The number of aromatic nitrogens is 2. The first kappa shape index (κ1) is 14.6. The summed E-state index contributed by atoms with van der Waals surface area (Å²) >= 11 is 0. The van der Waals surface area contributed by atoms with Gasteiger partial charge in [0, 0.05) is 25.0 Å². The van der Waals surface area contributed by atoms with Crippen LogP contribution in [-0.4, -0.2) is 33.7 Å². The highest BCUT2D eigenvalue weighted by Crippen LogP contribution is 2.12. The Bertz CT molecular complexity index is 650. The second-order valence-corrected chi connectivity index (χ2v) is 4.53. The van der Waals surface area contributed by atoms with E-state index in [0.29, 0.717) is 24.5 Å². The van der Waals surface area contributed by atoms with Crippen LogP contribution in [0, 0.1) is 0 Å². The molecule has 1 aromatic heterocycles. The quantitative estimate of drug-likeness (QED) is 0.653. The molecule has 21 heavy (non-hydrogen) atoms. The molecule has 2 aromatic rings. The molecule has 5 nitrogen and oxygen atoms in total. The molecule has 0 aliphatic rings. The number of hydrogen-bond acceptors (Lipinski definition) is 3. The van der Waals surface area contributed by atoms with E-state index in [0.717, 1.165) is 5.69 Å². The van der Waals surface area contributed by atoms with Gasteiger partial charge >= 0.3 is 0 Å². The van der Waals surface area contributed by atoms with Gasteiger partial charge in [0.05, 0.1) is 5.69 Å². The van der Waals surface area contributed by atoms with Gasteiger partial charge in [0.25, 0.3) is 5.91 Å². The average molecular weight is 282 g/mol. The van der Waals surface area contributed by atoms with Crippen molar-refractivity contribution in [1.82, 2.24) is 14.7 Å². The minimum atomic E-state index is -0.155. The molecule has 1 heterocycles. The summed E-state index contributed by atoms with van der Waals surface area (Å²) in [6, 6.07) is 9.00. The molecular weight excluding hydrogens is 264 g/mol. The molecule has 0 fully saturated rings. The summed E-state index contributed by atoms with van der Waals surface area (Å²) in [4.78, 5) is 14.0. The van der Waals surface area contributed by atoms with Crippen molar-refractivity contribution in [2.45, 2.75) is 0 Å². The highest BCUT2D eigenvalue weighted by atomic mass is 16.2. The number of nitrogens with zero attached hydrogens (tertiary/aromatic N) is 3. The lowest BCUT2D eigenvalue weighted by atomic mass is 10.3. The molecule has 0 aliphatic carbocycles. The van der Waals surface area contributed by atoms with E-state index in [-0.39, 0.29) is 5.91 Å². The second-order valence-electron chi connectivity index (χ2n) is 4.53. The monoisotopic (exact) mass is 282 g/mol. The molecule has 1 amide bonds. The van der Waals surface area contributed by atoms with Crippen molar-refractivity contribution in [2.75, 3.05) is 18.8 Å². The van der Waals surface area contributed by atoms with Crippen LogP contribution < -0.4 is 5.73 Å². The lowest BCUT2D eigenvalue weighted by Crippen LogP contribution is -2.31. The maximum absolute atomic E-state index is 12.4. The molecule has 0 unspecified atom stereocenters. The van der Waals surface area contributed by atoms with E-state index in [1.807, 2.05) is 12.1 Å². The van der Waals surface area contributed by atoms with Crippen molar-refractivity contribution in [3.63, 3.8) is 0 Å². The molecule has 1 aromatic carbocycles. The summed E-state index contributed by atoms with van der Waals surface area (Å²) < 4.78 is 1.63. The van der Waals surface area contributed by atoms with E-state index in [1.165, 1.54) is 0 Å². The van der Waals surface area contributed by atoms with E-state index in [4.69, 9.17) is 5.73 Å². The number of rotatable bonds is 6. The van der Waals surface area contributed by atoms with Crippen molar-refractivity contribution in [3.05, 3.63) is 67.5 Å². The molecule has 0 saturated carbocycles. The van der Waals surface area contributed by atoms with Crippen LogP contribution in [0.5, 0.6) is 0 Å². The van der Waals surface area contributed by atoms with Gasteiger partial charge in [0.1, 0.15) is 0 Å². The van der Waals surface area contributed by atoms with Gasteiger partial charge in [-0.15, -0.1) is 13.2 Å². The smallest absolute Gasteiger partial charge is 0.274 e. The predicted molar refractivity (Wildman–Crippen MR) is 84.3 cm³/mol. The lowest BCUT2D eigenvalue weighted by molar-refractivity contribution is 0.0784. The van der Waals surface area contributed by atoms with Crippen LogP contribution in [-0.2, 0) is 0 Å². The van der Waals surface area contributed by atoms with E-state index in [9.17, 15) is 4.79 Å². The molecule has 2 N–H and O–H groups in total. The Hall–Kier alpha value is -2.82. The topological polar surface area (TPSA) is 64.2 Å². The molecule has 0 bridgehead atoms. The molecule has 0 atom stereocenters. The van der Waals surface area contributed by atoms with Gasteiger partial charge in [-0.1, -0.05) is 18.2 Å². The Labute approximate surface area is 124 Å². The minimum absolute atomic E-state index is 0.155. The third kappa shape index (κ3) is 3.39. The summed E-state index contributed by atoms with van der Waals surface area (Å²) in [6.45, 7) is 8.22. The van der Waals surface area contributed by atoms with Crippen molar-refractivity contribution >= 4 is 11.6 Å². The highest BCUT2D eigenvalue weighted by molar-refractivity contribution is 5.92. The predicted octanol–water partition coefficient (Wildman–Crippen LogP) is 2.27. The van der Waals surface area contributed by atoms with E-state index >= 15 is 0 Å². The van der Waals surface area contributed by atoms with Gasteiger partial charge in [-0.25, -0.2) is 4.68 Å². The summed E-state index contributed by atoms with van der Waals surface area (Å²) in [7, 11) is 0. The van der Waals surface area contributed by atoms with Crippen molar-refractivity contribution in [1.29, 1.82) is 0 Å². The largest absolute Gasteiger partial charge is 0.399 e. The first-order valence-corrected chi connectivity index (χ1v) is 6.58. The van der Waals surface area contributed by atoms with Crippen molar-refractivity contribution < 1.29 is 4.79 Å². The van der Waals surface area contributed by atoms with Gasteiger partial charge in [0.15, 0.2) is 5.69 Å². The summed E-state index contributed by atoms with van der Waals surface area (Å²) in [5.41, 5.74) is 7.59. The second kappa shape index (κ2) is 6.56. The van der Waals surface area contributed by atoms with Gasteiger partial charge in [0.2, 0.25) is 0 Å². The van der Waals surface area contributed by atoms with Crippen molar-refractivity contribution in [3.8, 4) is 5.69 Å². The molecule has 0 radical (unpaired) electrons. The normalized spacial score (nSPS) is 10.1. The minimum Gasteiger partial charge on any atom is -0.399 e.